The number of nitrogen functional groups attached to an aromatic ring is 1. The van der Waals surface area contributed by atoms with Crippen LogP contribution in [0, 0.1) is 24.0 Å². The number of rotatable bonds is 8. The van der Waals surface area contributed by atoms with Crippen LogP contribution in [0.3, 0.4) is 0 Å². The van der Waals surface area contributed by atoms with Gasteiger partial charge in [-0.2, -0.15) is 4.98 Å². The number of nitrogens with two attached hydrogens (primary N) is 1. The largest absolute Gasteiger partial charge is 0.436 e. The maximum Gasteiger partial charge on any atom is 0.259 e. The summed E-state index contributed by atoms with van der Waals surface area (Å²) in [7, 11) is 0. The molecule has 0 bridgehead atoms. The molecule has 3 N–H and O–H groups in total. The standard InChI is InChI=1S/C24H24F2N4O3/c1-4-30(5-2)24(31)16-9-7-11-18(13-16)33-23-20(26)14(3)19(25)22(29-23)32-17-10-6-8-15(12-17)21(27)28/h6-13H,4-5H2,1-3H3,(H3,27,28). The molecule has 0 spiro atoms. The molecule has 3 aromatic rings. The van der Waals surface area contributed by atoms with Crippen molar-refractivity contribution in [2.45, 2.75) is 20.8 Å². The van der Waals surface area contributed by atoms with Crippen LogP contribution in [0.25, 0.3) is 0 Å². The highest BCUT2D eigenvalue weighted by Gasteiger charge is 2.21. The molecule has 0 saturated heterocycles. The Hall–Kier alpha value is -4.01. The van der Waals surface area contributed by atoms with Crippen LogP contribution < -0.4 is 15.2 Å². The highest BCUT2D eigenvalue weighted by atomic mass is 19.1. The van der Waals surface area contributed by atoms with Crippen LogP contribution in [0.4, 0.5) is 8.78 Å². The van der Waals surface area contributed by atoms with E-state index in [1.165, 1.54) is 31.2 Å². The summed E-state index contributed by atoms with van der Waals surface area (Å²) < 4.78 is 40.4. The van der Waals surface area contributed by atoms with E-state index in [0.29, 0.717) is 24.2 Å². The number of benzene rings is 2. The Kier molecular flexibility index (Phi) is 7.22. The first-order chi connectivity index (χ1) is 15.7. The Morgan fingerprint density at radius 3 is 1.94 bits per heavy atom. The van der Waals surface area contributed by atoms with E-state index in [1.54, 1.807) is 29.2 Å². The van der Waals surface area contributed by atoms with Gasteiger partial charge in [0.2, 0.25) is 0 Å². The van der Waals surface area contributed by atoms with E-state index in [4.69, 9.17) is 20.6 Å². The highest BCUT2D eigenvalue weighted by molar-refractivity contribution is 5.95. The molecule has 33 heavy (non-hydrogen) atoms. The van der Waals surface area contributed by atoms with Gasteiger partial charge in [0.15, 0.2) is 11.6 Å². The van der Waals surface area contributed by atoms with E-state index < -0.39 is 23.4 Å². The van der Waals surface area contributed by atoms with Gasteiger partial charge in [0.05, 0.1) is 0 Å². The number of halogens is 2. The fraction of sp³-hybridized carbons (Fsp3) is 0.208. The Balaban J connectivity index is 1.93. The molecule has 0 atom stereocenters. The zero-order valence-corrected chi connectivity index (χ0v) is 18.5. The fourth-order valence-corrected chi connectivity index (χ4v) is 3.08. The molecule has 0 aliphatic carbocycles. The summed E-state index contributed by atoms with van der Waals surface area (Å²) in [5.41, 5.74) is 5.87. The molecular formula is C24H24F2N4O3. The number of carbonyl (C=O) groups is 1. The monoisotopic (exact) mass is 454 g/mol. The van der Waals surface area contributed by atoms with Gasteiger partial charge in [0, 0.05) is 29.8 Å². The third-order valence-electron chi connectivity index (χ3n) is 4.94. The topological polar surface area (TPSA) is 102 Å². The maximum atomic E-state index is 14.7. The van der Waals surface area contributed by atoms with Gasteiger partial charge in [0.1, 0.15) is 17.3 Å². The number of pyridine rings is 1. The molecule has 0 radical (unpaired) electrons. The second kappa shape index (κ2) is 10.1. The van der Waals surface area contributed by atoms with Crippen LogP contribution in [-0.2, 0) is 0 Å². The number of amidine groups is 1. The molecule has 3 rings (SSSR count). The van der Waals surface area contributed by atoms with Crippen molar-refractivity contribution in [1.82, 2.24) is 9.88 Å². The molecule has 0 aliphatic heterocycles. The molecule has 1 aromatic heterocycles. The van der Waals surface area contributed by atoms with Crippen molar-refractivity contribution in [2.75, 3.05) is 13.1 Å². The first-order valence-corrected chi connectivity index (χ1v) is 10.3. The molecule has 7 nitrogen and oxygen atoms in total. The molecule has 1 amide bonds. The summed E-state index contributed by atoms with van der Waals surface area (Å²) in [6, 6.07) is 12.4. The van der Waals surface area contributed by atoms with Crippen molar-refractivity contribution in [3.05, 3.63) is 76.9 Å². The number of amides is 1. The molecule has 0 fully saturated rings. The predicted molar refractivity (Wildman–Crippen MR) is 120 cm³/mol. The number of hydrogen-bond donors (Lipinski definition) is 2. The maximum absolute atomic E-state index is 14.7. The first-order valence-electron chi connectivity index (χ1n) is 10.3. The number of nitrogens with zero attached hydrogens (tertiary/aromatic N) is 2. The van der Waals surface area contributed by atoms with Crippen LogP contribution in [0.2, 0.25) is 0 Å². The molecular weight excluding hydrogens is 430 g/mol. The summed E-state index contributed by atoms with van der Waals surface area (Å²) in [6.45, 7) is 6.06. The second-order valence-electron chi connectivity index (χ2n) is 7.13. The van der Waals surface area contributed by atoms with Crippen LogP contribution in [-0.4, -0.2) is 34.7 Å². The molecule has 172 valence electrons. The number of ether oxygens (including phenoxy) is 2. The van der Waals surface area contributed by atoms with E-state index in [1.807, 2.05) is 13.8 Å². The summed E-state index contributed by atoms with van der Waals surface area (Å²) >= 11 is 0. The van der Waals surface area contributed by atoms with Gasteiger partial charge in [-0.15, -0.1) is 0 Å². The molecule has 2 aromatic carbocycles. The first kappa shape index (κ1) is 23.6. The van der Waals surface area contributed by atoms with E-state index in [0.717, 1.165) is 0 Å². The van der Waals surface area contributed by atoms with Gasteiger partial charge < -0.3 is 20.1 Å². The molecule has 0 saturated carbocycles. The van der Waals surface area contributed by atoms with Crippen LogP contribution in [0.15, 0.2) is 48.5 Å². The minimum absolute atomic E-state index is 0.162. The summed E-state index contributed by atoms with van der Waals surface area (Å²) in [6.07, 6.45) is 0. The minimum Gasteiger partial charge on any atom is -0.436 e. The van der Waals surface area contributed by atoms with Gasteiger partial charge in [0.25, 0.3) is 17.7 Å². The number of carbonyl (C=O) groups excluding carboxylic acids is 1. The van der Waals surface area contributed by atoms with Gasteiger partial charge in [-0.3, -0.25) is 10.2 Å². The number of nitrogens with one attached hydrogen (secondary N) is 1. The average molecular weight is 454 g/mol. The lowest BCUT2D eigenvalue weighted by atomic mass is 10.2. The van der Waals surface area contributed by atoms with Crippen molar-refractivity contribution in [1.29, 1.82) is 5.41 Å². The number of aromatic nitrogens is 1. The zero-order valence-electron chi connectivity index (χ0n) is 18.5. The Bertz CT molecular complexity index is 1200. The van der Waals surface area contributed by atoms with Gasteiger partial charge in [-0.25, -0.2) is 8.78 Å². The smallest absolute Gasteiger partial charge is 0.259 e. The van der Waals surface area contributed by atoms with Crippen molar-refractivity contribution >= 4 is 11.7 Å². The Morgan fingerprint density at radius 2 is 1.45 bits per heavy atom. The lowest BCUT2D eigenvalue weighted by Crippen LogP contribution is -2.30. The molecule has 0 unspecified atom stereocenters. The fourth-order valence-electron chi connectivity index (χ4n) is 3.08. The van der Waals surface area contributed by atoms with Crippen LogP contribution in [0.5, 0.6) is 23.3 Å². The zero-order chi connectivity index (χ0) is 24.1. The van der Waals surface area contributed by atoms with Crippen LogP contribution >= 0.6 is 0 Å². The third kappa shape index (κ3) is 5.25. The Morgan fingerprint density at radius 1 is 0.970 bits per heavy atom. The lowest BCUT2D eigenvalue weighted by molar-refractivity contribution is 0.0772. The van der Waals surface area contributed by atoms with Crippen LogP contribution in [0.1, 0.15) is 35.3 Å². The quantitative estimate of drug-likeness (QED) is 0.368. The summed E-state index contributed by atoms with van der Waals surface area (Å²) in [5, 5.41) is 7.51. The third-order valence-corrected chi connectivity index (χ3v) is 4.94. The van der Waals surface area contributed by atoms with E-state index >= 15 is 0 Å². The normalized spacial score (nSPS) is 10.6. The average Bonchev–Trinajstić information content (AvgIpc) is 2.81. The second-order valence-corrected chi connectivity index (χ2v) is 7.13. The SMILES string of the molecule is CCN(CC)C(=O)c1cccc(Oc2nc(Oc3cccc(C(=N)N)c3)c(F)c(C)c2F)c1. The van der Waals surface area contributed by atoms with Crippen molar-refractivity contribution < 1.29 is 23.0 Å². The van der Waals surface area contributed by atoms with Crippen molar-refractivity contribution in [2.24, 2.45) is 5.73 Å². The van der Waals surface area contributed by atoms with Gasteiger partial charge in [-0.1, -0.05) is 18.2 Å². The van der Waals surface area contributed by atoms with E-state index in [-0.39, 0.29) is 28.8 Å². The highest BCUT2D eigenvalue weighted by Crippen LogP contribution is 2.33. The van der Waals surface area contributed by atoms with Gasteiger partial charge >= 0.3 is 0 Å². The molecule has 0 aliphatic rings. The van der Waals surface area contributed by atoms with Crippen molar-refractivity contribution in [3.8, 4) is 23.3 Å². The number of hydrogen-bond acceptors (Lipinski definition) is 5. The molecule has 1 heterocycles. The van der Waals surface area contributed by atoms with Crippen molar-refractivity contribution in [3.63, 3.8) is 0 Å². The predicted octanol–water partition coefficient (Wildman–Crippen LogP) is 5.02. The lowest BCUT2D eigenvalue weighted by Gasteiger charge is -2.19. The van der Waals surface area contributed by atoms with E-state index in [2.05, 4.69) is 4.98 Å². The van der Waals surface area contributed by atoms with Gasteiger partial charge in [-0.05, 0) is 51.1 Å². The summed E-state index contributed by atoms with van der Waals surface area (Å²) in [4.78, 5) is 18.1. The molecule has 9 heteroatoms. The van der Waals surface area contributed by atoms with E-state index in [9.17, 15) is 13.6 Å². The summed E-state index contributed by atoms with van der Waals surface area (Å²) in [5.74, 6) is -3.03. The minimum atomic E-state index is -0.988. The Labute approximate surface area is 190 Å².